The summed E-state index contributed by atoms with van der Waals surface area (Å²) in [6, 6.07) is 21.8. The van der Waals surface area contributed by atoms with Crippen LogP contribution in [-0.2, 0) is 22.7 Å². The lowest BCUT2D eigenvalue weighted by molar-refractivity contribution is -0.128. The fourth-order valence-electron chi connectivity index (χ4n) is 3.68. The lowest BCUT2D eigenvalue weighted by Gasteiger charge is -2.35. The van der Waals surface area contributed by atoms with E-state index < -0.39 is 11.2 Å². The Morgan fingerprint density at radius 3 is 2.41 bits per heavy atom. The molecule has 1 aliphatic rings. The van der Waals surface area contributed by atoms with Gasteiger partial charge in [0.15, 0.2) is 0 Å². The van der Waals surface area contributed by atoms with E-state index in [1.54, 1.807) is 24.0 Å². The van der Waals surface area contributed by atoms with E-state index in [0.717, 1.165) is 27.3 Å². The number of carbonyl (C=O) groups excluding carboxylic acids is 2. The van der Waals surface area contributed by atoms with E-state index in [1.165, 1.54) is 23.9 Å². The van der Waals surface area contributed by atoms with Crippen molar-refractivity contribution < 1.29 is 14.0 Å². The van der Waals surface area contributed by atoms with E-state index in [0.29, 0.717) is 13.1 Å². The standard InChI is InChI=1S/C26H25FN2O2S/c1-17-7-9-19(10-8-17)15-28-25(30)18(2)24-26(31)29(16-20-11-13-21(27)14-12-20)22-5-3-4-6-23(22)32-24/h3-14,18,24H,15-16H2,1-2H3,(H,28,30)/t18-,24+/m0/s1. The molecular formula is C26H25FN2O2S. The maximum Gasteiger partial charge on any atom is 0.241 e. The molecule has 1 aliphatic heterocycles. The highest BCUT2D eigenvalue weighted by molar-refractivity contribution is 8.01. The van der Waals surface area contributed by atoms with E-state index in [-0.39, 0.29) is 17.6 Å². The molecule has 164 valence electrons. The summed E-state index contributed by atoms with van der Waals surface area (Å²) in [6.07, 6.45) is 0. The van der Waals surface area contributed by atoms with Crippen LogP contribution in [0.2, 0.25) is 0 Å². The van der Waals surface area contributed by atoms with Gasteiger partial charge in [-0.15, -0.1) is 11.8 Å². The minimum Gasteiger partial charge on any atom is -0.352 e. The molecule has 4 rings (SSSR count). The zero-order chi connectivity index (χ0) is 22.7. The number of amides is 2. The van der Waals surface area contributed by atoms with Gasteiger partial charge in [-0.25, -0.2) is 4.39 Å². The number of thioether (sulfide) groups is 1. The van der Waals surface area contributed by atoms with Gasteiger partial charge in [0.2, 0.25) is 11.8 Å². The Morgan fingerprint density at radius 2 is 1.69 bits per heavy atom. The number of fused-ring (bicyclic) bond motifs is 1. The van der Waals surface area contributed by atoms with Crippen molar-refractivity contribution in [1.29, 1.82) is 0 Å². The molecule has 0 spiro atoms. The van der Waals surface area contributed by atoms with Crippen molar-refractivity contribution in [1.82, 2.24) is 5.32 Å². The molecule has 3 aromatic rings. The fourth-order valence-corrected chi connectivity index (χ4v) is 4.97. The molecule has 2 atom stereocenters. The van der Waals surface area contributed by atoms with Gasteiger partial charge in [0.25, 0.3) is 0 Å². The number of benzene rings is 3. The van der Waals surface area contributed by atoms with E-state index in [4.69, 9.17) is 0 Å². The lowest BCUT2D eigenvalue weighted by Crippen LogP contribution is -2.47. The average Bonchev–Trinajstić information content (AvgIpc) is 2.81. The van der Waals surface area contributed by atoms with Gasteiger partial charge in [-0.05, 0) is 42.3 Å². The summed E-state index contributed by atoms with van der Waals surface area (Å²) >= 11 is 1.43. The average molecular weight is 449 g/mol. The van der Waals surface area contributed by atoms with Crippen molar-refractivity contribution in [3.63, 3.8) is 0 Å². The normalized spacial score (nSPS) is 16.4. The van der Waals surface area contributed by atoms with Crippen molar-refractivity contribution in [2.24, 2.45) is 5.92 Å². The number of hydrogen-bond donors (Lipinski definition) is 1. The Bertz CT molecular complexity index is 1120. The van der Waals surface area contributed by atoms with E-state index in [9.17, 15) is 14.0 Å². The van der Waals surface area contributed by atoms with Crippen LogP contribution in [0.5, 0.6) is 0 Å². The third-order valence-electron chi connectivity index (χ3n) is 5.63. The predicted octanol–water partition coefficient (Wildman–Crippen LogP) is 5.09. The molecule has 0 unspecified atom stereocenters. The van der Waals surface area contributed by atoms with Crippen LogP contribution in [0, 0.1) is 18.7 Å². The highest BCUT2D eigenvalue weighted by Gasteiger charge is 2.39. The van der Waals surface area contributed by atoms with Crippen molar-refractivity contribution in [3.8, 4) is 0 Å². The summed E-state index contributed by atoms with van der Waals surface area (Å²) in [5, 5.41) is 2.43. The Labute approximate surface area is 191 Å². The Balaban J connectivity index is 1.51. The molecular weight excluding hydrogens is 423 g/mol. The summed E-state index contributed by atoms with van der Waals surface area (Å²) < 4.78 is 13.3. The number of aryl methyl sites for hydroxylation is 1. The minimum absolute atomic E-state index is 0.115. The van der Waals surface area contributed by atoms with Crippen LogP contribution < -0.4 is 10.2 Å². The number of anilines is 1. The smallest absolute Gasteiger partial charge is 0.241 e. The molecule has 32 heavy (non-hydrogen) atoms. The number of carbonyl (C=O) groups is 2. The number of para-hydroxylation sites is 1. The third-order valence-corrected chi connectivity index (χ3v) is 7.09. The zero-order valence-electron chi connectivity index (χ0n) is 18.0. The monoisotopic (exact) mass is 448 g/mol. The molecule has 3 aromatic carbocycles. The van der Waals surface area contributed by atoms with Crippen LogP contribution in [-0.4, -0.2) is 17.1 Å². The number of hydrogen-bond acceptors (Lipinski definition) is 3. The summed E-state index contributed by atoms with van der Waals surface area (Å²) in [7, 11) is 0. The second kappa shape index (κ2) is 9.57. The van der Waals surface area contributed by atoms with Crippen LogP contribution in [0.1, 0.15) is 23.6 Å². The summed E-state index contributed by atoms with van der Waals surface area (Å²) in [5.74, 6) is -1.10. The zero-order valence-corrected chi connectivity index (χ0v) is 18.9. The summed E-state index contributed by atoms with van der Waals surface area (Å²) in [4.78, 5) is 29.0. The van der Waals surface area contributed by atoms with Gasteiger partial charge in [-0.2, -0.15) is 0 Å². The van der Waals surface area contributed by atoms with Crippen LogP contribution in [0.25, 0.3) is 0 Å². The van der Waals surface area contributed by atoms with Crippen LogP contribution in [0.15, 0.2) is 77.7 Å². The van der Waals surface area contributed by atoms with E-state index >= 15 is 0 Å². The molecule has 6 heteroatoms. The topological polar surface area (TPSA) is 49.4 Å². The molecule has 0 saturated carbocycles. The van der Waals surface area contributed by atoms with Gasteiger partial charge in [0.05, 0.1) is 18.2 Å². The van der Waals surface area contributed by atoms with Gasteiger partial charge >= 0.3 is 0 Å². The van der Waals surface area contributed by atoms with Crippen LogP contribution in [0.4, 0.5) is 10.1 Å². The summed E-state index contributed by atoms with van der Waals surface area (Å²) in [5.41, 5.74) is 3.83. The largest absolute Gasteiger partial charge is 0.352 e. The highest BCUT2D eigenvalue weighted by atomic mass is 32.2. The number of halogens is 1. The molecule has 0 aromatic heterocycles. The molecule has 4 nitrogen and oxygen atoms in total. The SMILES string of the molecule is Cc1ccc(CNC(=O)[C@@H](C)[C@H]2Sc3ccccc3N(Cc3ccc(F)cc3)C2=O)cc1. The Hall–Kier alpha value is -3.12. The van der Waals surface area contributed by atoms with Crippen LogP contribution >= 0.6 is 11.8 Å². The molecule has 0 fully saturated rings. The maximum absolute atomic E-state index is 13.5. The predicted molar refractivity (Wildman–Crippen MR) is 126 cm³/mol. The fraction of sp³-hybridized carbons (Fsp3) is 0.231. The second-order valence-corrected chi connectivity index (χ2v) is 9.23. The number of nitrogens with one attached hydrogen (secondary N) is 1. The van der Waals surface area contributed by atoms with Crippen molar-refractivity contribution in [2.75, 3.05) is 4.90 Å². The minimum atomic E-state index is -0.539. The Kier molecular flexibility index (Phi) is 6.61. The molecule has 1 N–H and O–H groups in total. The molecule has 0 bridgehead atoms. The van der Waals surface area contributed by atoms with Gasteiger partial charge in [0.1, 0.15) is 11.1 Å². The first kappa shape index (κ1) is 22.1. The van der Waals surface area contributed by atoms with Gasteiger partial charge < -0.3 is 10.2 Å². The van der Waals surface area contributed by atoms with Gasteiger partial charge in [-0.1, -0.05) is 61.0 Å². The van der Waals surface area contributed by atoms with E-state index in [1.807, 2.05) is 55.5 Å². The van der Waals surface area contributed by atoms with Crippen molar-refractivity contribution in [3.05, 3.63) is 95.3 Å². The number of nitrogens with zero attached hydrogens (tertiary/aromatic N) is 1. The summed E-state index contributed by atoms with van der Waals surface area (Å²) in [6.45, 7) is 4.56. The molecule has 0 radical (unpaired) electrons. The first-order valence-corrected chi connectivity index (χ1v) is 11.4. The molecule has 1 heterocycles. The highest BCUT2D eigenvalue weighted by Crippen LogP contribution is 2.42. The maximum atomic E-state index is 13.5. The van der Waals surface area contributed by atoms with E-state index in [2.05, 4.69) is 5.32 Å². The first-order chi connectivity index (χ1) is 15.4. The van der Waals surface area contributed by atoms with Gasteiger partial charge in [0, 0.05) is 11.4 Å². The third kappa shape index (κ3) is 4.86. The second-order valence-electron chi connectivity index (χ2n) is 8.05. The Morgan fingerprint density at radius 1 is 1.03 bits per heavy atom. The van der Waals surface area contributed by atoms with Crippen molar-refractivity contribution in [2.45, 2.75) is 37.1 Å². The van der Waals surface area contributed by atoms with Crippen LogP contribution in [0.3, 0.4) is 0 Å². The van der Waals surface area contributed by atoms with Gasteiger partial charge in [-0.3, -0.25) is 9.59 Å². The lowest BCUT2D eigenvalue weighted by atomic mass is 10.0. The molecule has 2 amide bonds. The molecule has 0 aliphatic carbocycles. The first-order valence-electron chi connectivity index (χ1n) is 10.6. The molecule has 0 saturated heterocycles. The number of rotatable bonds is 6. The van der Waals surface area contributed by atoms with Crippen molar-refractivity contribution >= 4 is 29.3 Å². The quantitative estimate of drug-likeness (QED) is 0.571.